The highest BCUT2D eigenvalue weighted by molar-refractivity contribution is 5.75. The molecule has 0 fully saturated rings. The SMILES string of the molecule is CN1CCCc2cc(CCNC(=O)NC(c3ccccc3)c3ccccc3)ccc21. The lowest BCUT2D eigenvalue weighted by Gasteiger charge is -2.27. The Labute approximate surface area is 178 Å². The van der Waals surface area contributed by atoms with Gasteiger partial charge in [-0.2, -0.15) is 0 Å². The van der Waals surface area contributed by atoms with Crippen LogP contribution in [0.15, 0.2) is 78.9 Å². The van der Waals surface area contributed by atoms with E-state index in [1.807, 2.05) is 60.7 Å². The van der Waals surface area contributed by atoms with Crippen molar-refractivity contribution in [1.29, 1.82) is 0 Å². The molecular formula is C26H29N3O. The summed E-state index contributed by atoms with van der Waals surface area (Å²) in [6.07, 6.45) is 3.16. The topological polar surface area (TPSA) is 44.4 Å². The maximum atomic E-state index is 12.6. The number of aryl methyl sites for hydroxylation is 1. The monoisotopic (exact) mass is 399 g/mol. The van der Waals surface area contributed by atoms with E-state index >= 15 is 0 Å². The van der Waals surface area contributed by atoms with Gasteiger partial charge in [0.2, 0.25) is 0 Å². The van der Waals surface area contributed by atoms with Crippen molar-refractivity contribution < 1.29 is 4.79 Å². The van der Waals surface area contributed by atoms with Gasteiger partial charge in [0.1, 0.15) is 0 Å². The predicted molar refractivity (Wildman–Crippen MR) is 123 cm³/mol. The molecule has 3 aromatic rings. The third-order valence-electron chi connectivity index (χ3n) is 5.74. The van der Waals surface area contributed by atoms with E-state index in [9.17, 15) is 4.79 Å². The molecule has 2 N–H and O–H groups in total. The number of hydrogen-bond donors (Lipinski definition) is 2. The highest BCUT2D eigenvalue weighted by Gasteiger charge is 2.17. The molecule has 4 nitrogen and oxygen atoms in total. The van der Waals surface area contributed by atoms with E-state index in [1.54, 1.807) is 0 Å². The standard InChI is InChI=1S/C26H29N3O/c1-29-18-8-13-23-19-20(14-15-24(23)29)16-17-27-26(30)28-25(21-9-4-2-5-10-21)22-11-6-3-7-12-22/h2-7,9-12,14-15,19,25H,8,13,16-18H2,1H3,(H2,27,28,30). The van der Waals surface area contributed by atoms with Crippen LogP contribution < -0.4 is 15.5 Å². The van der Waals surface area contributed by atoms with E-state index in [-0.39, 0.29) is 12.1 Å². The molecule has 0 spiro atoms. The number of carbonyl (C=O) groups is 1. The zero-order valence-corrected chi connectivity index (χ0v) is 17.5. The number of hydrogen-bond acceptors (Lipinski definition) is 2. The lowest BCUT2D eigenvalue weighted by atomic mass is 9.98. The summed E-state index contributed by atoms with van der Waals surface area (Å²) in [5.74, 6) is 0. The van der Waals surface area contributed by atoms with E-state index in [2.05, 4.69) is 40.8 Å². The van der Waals surface area contributed by atoms with Crippen LogP contribution in [-0.4, -0.2) is 26.2 Å². The van der Waals surface area contributed by atoms with E-state index in [1.165, 1.54) is 23.2 Å². The van der Waals surface area contributed by atoms with Gasteiger partial charge in [0, 0.05) is 25.8 Å². The maximum Gasteiger partial charge on any atom is 0.315 e. The van der Waals surface area contributed by atoms with Crippen molar-refractivity contribution in [3.8, 4) is 0 Å². The highest BCUT2D eigenvalue weighted by Crippen LogP contribution is 2.27. The summed E-state index contributed by atoms with van der Waals surface area (Å²) < 4.78 is 0. The predicted octanol–water partition coefficient (Wildman–Crippen LogP) is 4.70. The summed E-state index contributed by atoms with van der Waals surface area (Å²) in [5, 5.41) is 6.16. The first-order valence-corrected chi connectivity index (χ1v) is 10.7. The van der Waals surface area contributed by atoms with Gasteiger partial charge in [-0.05, 0) is 47.6 Å². The molecule has 0 aliphatic carbocycles. The van der Waals surface area contributed by atoms with Gasteiger partial charge in [0.15, 0.2) is 0 Å². The van der Waals surface area contributed by atoms with Crippen LogP contribution in [-0.2, 0) is 12.8 Å². The number of benzene rings is 3. The molecule has 0 saturated heterocycles. The van der Waals surface area contributed by atoms with E-state index in [0.29, 0.717) is 6.54 Å². The van der Waals surface area contributed by atoms with Crippen LogP contribution in [0.3, 0.4) is 0 Å². The van der Waals surface area contributed by atoms with Crippen LogP contribution in [0, 0.1) is 0 Å². The van der Waals surface area contributed by atoms with Gasteiger partial charge in [0.05, 0.1) is 6.04 Å². The Morgan fingerprint density at radius 1 is 0.967 bits per heavy atom. The number of urea groups is 1. The largest absolute Gasteiger partial charge is 0.374 e. The number of carbonyl (C=O) groups excluding carboxylic acids is 1. The number of rotatable bonds is 6. The maximum absolute atomic E-state index is 12.6. The van der Waals surface area contributed by atoms with Crippen molar-refractivity contribution in [2.45, 2.75) is 25.3 Å². The Morgan fingerprint density at radius 2 is 1.63 bits per heavy atom. The van der Waals surface area contributed by atoms with Crippen molar-refractivity contribution in [2.24, 2.45) is 0 Å². The molecule has 0 radical (unpaired) electrons. The van der Waals surface area contributed by atoms with Crippen LogP contribution in [0.4, 0.5) is 10.5 Å². The molecule has 4 rings (SSSR count). The molecule has 30 heavy (non-hydrogen) atoms. The second-order valence-electron chi connectivity index (χ2n) is 7.89. The zero-order valence-electron chi connectivity index (χ0n) is 17.5. The quantitative estimate of drug-likeness (QED) is 0.631. The molecule has 1 aliphatic rings. The van der Waals surface area contributed by atoms with Gasteiger partial charge >= 0.3 is 6.03 Å². The smallest absolute Gasteiger partial charge is 0.315 e. The number of nitrogens with one attached hydrogen (secondary N) is 2. The van der Waals surface area contributed by atoms with Gasteiger partial charge in [-0.1, -0.05) is 72.8 Å². The normalized spacial score (nSPS) is 13.1. The van der Waals surface area contributed by atoms with Gasteiger partial charge in [0.25, 0.3) is 0 Å². The Balaban J connectivity index is 1.36. The average molecular weight is 400 g/mol. The van der Waals surface area contributed by atoms with Crippen molar-refractivity contribution in [2.75, 3.05) is 25.0 Å². The second-order valence-corrected chi connectivity index (χ2v) is 7.89. The summed E-state index contributed by atoms with van der Waals surface area (Å²) in [7, 11) is 2.15. The summed E-state index contributed by atoms with van der Waals surface area (Å²) in [6, 6.07) is 26.5. The van der Waals surface area contributed by atoms with Crippen molar-refractivity contribution in [3.63, 3.8) is 0 Å². The van der Waals surface area contributed by atoms with Crippen molar-refractivity contribution >= 4 is 11.7 Å². The lowest BCUT2D eigenvalue weighted by molar-refractivity contribution is 0.239. The summed E-state index contributed by atoms with van der Waals surface area (Å²) in [4.78, 5) is 15.0. The van der Waals surface area contributed by atoms with Crippen LogP contribution in [0.2, 0.25) is 0 Å². The summed E-state index contributed by atoms with van der Waals surface area (Å²) >= 11 is 0. The fraction of sp³-hybridized carbons (Fsp3) is 0.269. The Morgan fingerprint density at radius 3 is 2.30 bits per heavy atom. The average Bonchev–Trinajstić information content (AvgIpc) is 2.79. The second kappa shape index (κ2) is 9.49. The van der Waals surface area contributed by atoms with Gasteiger partial charge in [-0.3, -0.25) is 0 Å². The zero-order chi connectivity index (χ0) is 20.8. The van der Waals surface area contributed by atoms with Gasteiger partial charge in [-0.25, -0.2) is 4.79 Å². The van der Waals surface area contributed by atoms with E-state index in [4.69, 9.17) is 0 Å². The Kier molecular flexibility index (Phi) is 6.33. The van der Waals surface area contributed by atoms with Crippen molar-refractivity contribution in [3.05, 3.63) is 101 Å². The first-order valence-electron chi connectivity index (χ1n) is 10.7. The number of amides is 2. The minimum atomic E-state index is -0.174. The molecule has 0 bridgehead atoms. The number of anilines is 1. The first kappa shape index (κ1) is 20.0. The molecule has 0 aromatic heterocycles. The minimum Gasteiger partial charge on any atom is -0.374 e. The van der Waals surface area contributed by atoms with Crippen LogP contribution in [0.5, 0.6) is 0 Å². The molecule has 2 amide bonds. The molecule has 4 heteroatoms. The Bertz CT molecular complexity index is 933. The molecule has 154 valence electrons. The fourth-order valence-corrected chi connectivity index (χ4v) is 4.15. The highest BCUT2D eigenvalue weighted by atomic mass is 16.2. The lowest BCUT2D eigenvalue weighted by Crippen LogP contribution is -2.39. The number of nitrogens with zero attached hydrogens (tertiary/aromatic N) is 1. The van der Waals surface area contributed by atoms with Gasteiger partial charge < -0.3 is 15.5 Å². The van der Waals surface area contributed by atoms with Crippen LogP contribution in [0.25, 0.3) is 0 Å². The van der Waals surface area contributed by atoms with Crippen molar-refractivity contribution in [1.82, 2.24) is 10.6 Å². The molecule has 0 saturated carbocycles. The van der Waals surface area contributed by atoms with Gasteiger partial charge in [-0.15, -0.1) is 0 Å². The molecule has 0 unspecified atom stereocenters. The third-order valence-corrected chi connectivity index (χ3v) is 5.74. The molecular weight excluding hydrogens is 370 g/mol. The van der Waals surface area contributed by atoms with Crippen LogP contribution in [0.1, 0.15) is 34.7 Å². The van der Waals surface area contributed by atoms with E-state index < -0.39 is 0 Å². The Hall–Kier alpha value is -3.27. The minimum absolute atomic E-state index is 0.148. The number of fused-ring (bicyclic) bond motifs is 1. The molecule has 0 atom stereocenters. The molecule has 1 aliphatic heterocycles. The fourth-order valence-electron chi connectivity index (χ4n) is 4.15. The third kappa shape index (κ3) is 4.82. The summed E-state index contributed by atoms with van der Waals surface area (Å²) in [6.45, 7) is 1.73. The van der Waals surface area contributed by atoms with E-state index in [0.717, 1.165) is 30.5 Å². The first-order chi connectivity index (χ1) is 14.7. The summed E-state index contributed by atoms with van der Waals surface area (Å²) in [5.41, 5.74) is 6.16. The molecule has 1 heterocycles. The van der Waals surface area contributed by atoms with Crippen LogP contribution >= 0.6 is 0 Å². The molecule has 3 aromatic carbocycles.